The van der Waals surface area contributed by atoms with E-state index in [2.05, 4.69) is 51.7 Å². The molecule has 32 heavy (non-hydrogen) atoms. The van der Waals surface area contributed by atoms with Gasteiger partial charge in [0.05, 0.1) is 11.4 Å². The van der Waals surface area contributed by atoms with Crippen LogP contribution in [0, 0.1) is 5.92 Å². The van der Waals surface area contributed by atoms with Crippen LogP contribution in [0.1, 0.15) is 6.92 Å². The Labute approximate surface area is 184 Å². The van der Waals surface area contributed by atoms with Gasteiger partial charge < -0.3 is 24.7 Å². The minimum atomic E-state index is -0.161. The summed E-state index contributed by atoms with van der Waals surface area (Å²) in [5, 5.41) is 6.27. The van der Waals surface area contributed by atoms with Crippen molar-refractivity contribution in [3.8, 4) is 17.0 Å². The summed E-state index contributed by atoms with van der Waals surface area (Å²) in [6.07, 6.45) is 5.57. The van der Waals surface area contributed by atoms with E-state index in [0.717, 1.165) is 41.6 Å². The van der Waals surface area contributed by atoms with Gasteiger partial charge in [-0.1, -0.05) is 6.92 Å². The Morgan fingerprint density at radius 2 is 2.00 bits per heavy atom. The Hall–Kier alpha value is -4.07. The van der Waals surface area contributed by atoms with Crippen molar-refractivity contribution in [1.29, 1.82) is 0 Å². The van der Waals surface area contributed by atoms with Crippen molar-refractivity contribution >= 4 is 34.4 Å². The van der Waals surface area contributed by atoms with Gasteiger partial charge in [0.1, 0.15) is 5.75 Å². The Balaban J connectivity index is 1.33. The molecule has 8 heteroatoms. The second kappa shape index (κ2) is 7.26. The van der Waals surface area contributed by atoms with E-state index in [1.165, 1.54) is 5.69 Å². The molecule has 1 fully saturated rings. The molecular formula is C24H22N6O2. The molecule has 0 aliphatic carbocycles. The van der Waals surface area contributed by atoms with Crippen molar-refractivity contribution in [3.05, 3.63) is 61.1 Å². The van der Waals surface area contributed by atoms with Gasteiger partial charge in [-0.25, -0.2) is 9.97 Å². The zero-order valence-electron chi connectivity index (χ0n) is 17.6. The molecule has 0 saturated carbocycles. The smallest absolute Gasteiger partial charge is 0.262 e. The van der Waals surface area contributed by atoms with Crippen LogP contribution in [-0.2, 0) is 4.79 Å². The maximum absolute atomic E-state index is 11.7. The predicted molar refractivity (Wildman–Crippen MR) is 124 cm³/mol. The number of imidazole rings is 1. The Morgan fingerprint density at radius 1 is 1.16 bits per heavy atom. The second-order valence-electron chi connectivity index (χ2n) is 8.36. The lowest BCUT2D eigenvalue weighted by molar-refractivity contribution is -0.118. The number of benzene rings is 2. The monoisotopic (exact) mass is 426 g/mol. The number of nitrogens with one attached hydrogen (secondary N) is 2. The highest BCUT2D eigenvalue weighted by atomic mass is 16.5. The Morgan fingerprint density at radius 3 is 2.81 bits per heavy atom. The predicted octanol–water partition coefficient (Wildman–Crippen LogP) is 3.93. The number of ether oxygens (including phenoxy) is 1. The molecule has 2 aromatic heterocycles. The zero-order valence-corrected chi connectivity index (χ0v) is 17.6. The molecule has 6 rings (SSSR count). The van der Waals surface area contributed by atoms with Crippen molar-refractivity contribution in [2.75, 3.05) is 35.2 Å². The number of hydrogen-bond donors (Lipinski definition) is 2. The highest BCUT2D eigenvalue weighted by molar-refractivity contribution is 5.96. The minimum absolute atomic E-state index is 0.0369. The summed E-state index contributed by atoms with van der Waals surface area (Å²) in [6.45, 7) is 4.52. The van der Waals surface area contributed by atoms with Gasteiger partial charge in [-0.05, 0) is 48.4 Å². The molecule has 2 aliphatic heterocycles. The van der Waals surface area contributed by atoms with Gasteiger partial charge in [-0.15, -0.1) is 0 Å². The lowest BCUT2D eigenvalue weighted by Gasteiger charge is -2.39. The Bertz CT molecular complexity index is 1320. The van der Waals surface area contributed by atoms with Gasteiger partial charge in [0.15, 0.2) is 18.1 Å². The molecule has 2 aromatic carbocycles. The molecule has 8 nitrogen and oxygen atoms in total. The van der Waals surface area contributed by atoms with Crippen LogP contribution < -0.4 is 20.3 Å². The lowest BCUT2D eigenvalue weighted by atomic mass is 10.0. The fourth-order valence-electron chi connectivity index (χ4n) is 4.20. The van der Waals surface area contributed by atoms with Crippen molar-refractivity contribution < 1.29 is 9.53 Å². The van der Waals surface area contributed by atoms with Gasteiger partial charge in [0, 0.05) is 48.6 Å². The fourth-order valence-corrected chi connectivity index (χ4v) is 4.20. The molecule has 2 aliphatic rings. The van der Waals surface area contributed by atoms with Crippen molar-refractivity contribution in [2.24, 2.45) is 5.92 Å². The lowest BCUT2D eigenvalue weighted by Crippen LogP contribution is -2.45. The van der Waals surface area contributed by atoms with E-state index in [-0.39, 0.29) is 12.5 Å². The second-order valence-corrected chi connectivity index (χ2v) is 8.36. The summed E-state index contributed by atoms with van der Waals surface area (Å²) in [5.74, 6) is 1.92. The van der Waals surface area contributed by atoms with Crippen molar-refractivity contribution in [2.45, 2.75) is 6.92 Å². The van der Waals surface area contributed by atoms with E-state index in [0.29, 0.717) is 17.3 Å². The van der Waals surface area contributed by atoms with Gasteiger partial charge >= 0.3 is 0 Å². The number of anilines is 4. The van der Waals surface area contributed by atoms with Crippen LogP contribution in [0.4, 0.5) is 22.9 Å². The van der Waals surface area contributed by atoms with Crippen LogP contribution in [-0.4, -0.2) is 40.0 Å². The molecule has 0 unspecified atom stereocenters. The normalized spacial score (nSPS) is 15.7. The number of carbonyl (C=O) groups excluding carboxylic acids is 1. The standard InChI is InChI=1S/C24H22N6O2/c1-15-11-30(12-15)18-5-3-17(4-6-18)26-23-24-25-8-9-29(24)13-20(28-23)16-2-7-21-19(10-16)27-22(31)14-32-21/h2-10,13,15H,11-12,14H2,1H3,(H,26,28)(H,27,31). The summed E-state index contributed by atoms with van der Waals surface area (Å²) >= 11 is 0. The van der Waals surface area contributed by atoms with Gasteiger partial charge in [-0.2, -0.15) is 0 Å². The van der Waals surface area contributed by atoms with Gasteiger partial charge in [0.25, 0.3) is 5.91 Å². The fraction of sp³-hybridized carbons (Fsp3) is 0.208. The summed E-state index contributed by atoms with van der Waals surface area (Å²) in [5.41, 5.74) is 5.20. The third kappa shape index (κ3) is 3.30. The first-order valence-electron chi connectivity index (χ1n) is 10.7. The molecule has 1 amide bonds. The van der Waals surface area contributed by atoms with E-state index >= 15 is 0 Å². The summed E-state index contributed by atoms with van der Waals surface area (Å²) in [7, 11) is 0. The van der Waals surface area contributed by atoms with Crippen LogP contribution >= 0.6 is 0 Å². The molecule has 4 heterocycles. The van der Waals surface area contributed by atoms with Crippen LogP contribution in [0.3, 0.4) is 0 Å². The molecule has 2 N–H and O–H groups in total. The average Bonchev–Trinajstić information content (AvgIpc) is 3.26. The zero-order chi connectivity index (χ0) is 21.7. The molecule has 4 aromatic rings. The van der Waals surface area contributed by atoms with Crippen LogP contribution in [0.25, 0.3) is 16.9 Å². The van der Waals surface area contributed by atoms with Crippen LogP contribution in [0.5, 0.6) is 5.75 Å². The molecule has 0 atom stereocenters. The first kappa shape index (κ1) is 18.7. The molecule has 0 radical (unpaired) electrons. The van der Waals surface area contributed by atoms with Crippen molar-refractivity contribution in [1.82, 2.24) is 14.4 Å². The first-order valence-corrected chi connectivity index (χ1v) is 10.7. The SMILES string of the molecule is CC1CN(c2ccc(Nc3nc(-c4ccc5c(c4)NC(=O)CO5)cn4ccnc34)cc2)C1. The maximum atomic E-state index is 11.7. The number of aromatic nitrogens is 3. The highest BCUT2D eigenvalue weighted by Gasteiger charge is 2.22. The molecule has 0 spiro atoms. The molecule has 160 valence electrons. The average molecular weight is 426 g/mol. The van der Waals surface area contributed by atoms with Crippen LogP contribution in [0.2, 0.25) is 0 Å². The number of amides is 1. The number of nitrogens with zero attached hydrogens (tertiary/aromatic N) is 4. The highest BCUT2D eigenvalue weighted by Crippen LogP contribution is 2.33. The molecule has 0 bridgehead atoms. The quantitative estimate of drug-likeness (QED) is 0.515. The third-order valence-corrected chi connectivity index (χ3v) is 5.84. The van der Waals surface area contributed by atoms with E-state index in [1.807, 2.05) is 35.0 Å². The minimum Gasteiger partial charge on any atom is -0.482 e. The van der Waals surface area contributed by atoms with E-state index in [9.17, 15) is 4.79 Å². The van der Waals surface area contributed by atoms with Gasteiger partial charge in [0.2, 0.25) is 0 Å². The number of rotatable bonds is 4. The third-order valence-electron chi connectivity index (χ3n) is 5.84. The number of hydrogen-bond acceptors (Lipinski definition) is 6. The van der Waals surface area contributed by atoms with E-state index in [4.69, 9.17) is 9.72 Å². The maximum Gasteiger partial charge on any atom is 0.262 e. The van der Waals surface area contributed by atoms with E-state index in [1.54, 1.807) is 6.20 Å². The summed E-state index contributed by atoms with van der Waals surface area (Å²) in [4.78, 5) is 23.4. The number of fused-ring (bicyclic) bond motifs is 2. The molecular weight excluding hydrogens is 404 g/mol. The van der Waals surface area contributed by atoms with Crippen molar-refractivity contribution in [3.63, 3.8) is 0 Å². The van der Waals surface area contributed by atoms with Gasteiger partial charge in [-0.3, -0.25) is 4.79 Å². The Kier molecular flexibility index (Phi) is 4.24. The van der Waals surface area contributed by atoms with E-state index < -0.39 is 0 Å². The first-order chi connectivity index (χ1) is 15.6. The number of carbonyl (C=O) groups is 1. The summed E-state index contributed by atoms with van der Waals surface area (Å²) < 4.78 is 7.41. The summed E-state index contributed by atoms with van der Waals surface area (Å²) in [6, 6.07) is 14.1. The molecule has 1 saturated heterocycles. The largest absolute Gasteiger partial charge is 0.482 e. The topological polar surface area (TPSA) is 83.8 Å². The van der Waals surface area contributed by atoms with Crippen LogP contribution in [0.15, 0.2) is 61.1 Å².